The molecule has 172 valence electrons. The summed E-state index contributed by atoms with van der Waals surface area (Å²) in [6.45, 7) is -1.02. The molecule has 1 fully saturated rings. The molecule has 3 rings (SSSR count). The maximum atomic E-state index is 13.7. The van der Waals surface area contributed by atoms with E-state index >= 15 is 0 Å². The minimum absolute atomic E-state index is 0.0371. The zero-order valence-electron chi connectivity index (χ0n) is 16.9. The molecule has 1 aliphatic heterocycles. The van der Waals surface area contributed by atoms with Gasteiger partial charge in [-0.1, -0.05) is 12.1 Å². The molecule has 0 bridgehead atoms. The van der Waals surface area contributed by atoms with Crippen molar-refractivity contribution in [2.45, 2.75) is 0 Å². The van der Waals surface area contributed by atoms with Gasteiger partial charge in [0.2, 0.25) is 5.91 Å². The number of imide groups is 1. The fraction of sp³-hybridized carbons (Fsp3) is 0.143. The van der Waals surface area contributed by atoms with Crippen LogP contribution in [0.5, 0.6) is 5.75 Å². The zero-order chi connectivity index (χ0) is 24.1. The van der Waals surface area contributed by atoms with Crippen molar-refractivity contribution in [2.24, 2.45) is 0 Å². The number of benzene rings is 2. The fourth-order valence-corrected chi connectivity index (χ4v) is 3.44. The number of carbonyl (C=O) groups excluding carboxylic acids is 4. The number of hydrogen-bond acceptors (Lipinski definition) is 7. The lowest BCUT2D eigenvalue weighted by molar-refractivity contribution is -0.142. The minimum Gasteiger partial charge on any atom is -0.482 e. The Bertz CT molecular complexity index is 1150. The third-order valence-electron chi connectivity index (χ3n) is 4.25. The van der Waals surface area contributed by atoms with Gasteiger partial charge in [0.25, 0.3) is 11.1 Å². The molecular formula is C21H15F3N2O6S. The van der Waals surface area contributed by atoms with Crippen LogP contribution < -0.4 is 10.1 Å². The number of methoxy groups -OCH3 is 1. The summed E-state index contributed by atoms with van der Waals surface area (Å²) in [5.41, 5.74) is -0.0878. The summed E-state index contributed by atoms with van der Waals surface area (Å²) in [5, 5.41) is 1.27. The van der Waals surface area contributed by atoms with Crippen LogP contribution in [-0.2, 0) is 19.1 Å². The molecule has 2 aromatic rings. The molecule has 1 heterocycles. The second-order valence-electron chi connectivity index (χ2n) is 6.47. The Balaban J connectivity index is 1.64. The molecule has 33 heavy (non-hydrogen) atoms. The Hall–Kier alpha value is -3.80. The normalized spacial score (nSPS) is 14.5. The summed E-state index contributed by atoms with van der Waals surface area (Å²) in [6.07, 6.45) is 1.42. The van der Waals surface area contributed by atoms with Crippen LogP contribution in [0.1, 0.15) is 5.56 Å². The van der Waals surface area contributed by atoms with Crippen molar-refractivity contribution in [1.82, 2.24) is 4.90 Å². The molecule has 0 aliphatic carbocycles. The van der Waals surface area contributed by atoms with E-state index in [1.807, 2.05) is 5.32 Å². The van der Waals surface area contributed by atoms with Gasteiger partial charge in [0.15, 0.2) is 24.1 Å². The number of ether oxygens (including phenoxy) is 2. The lowest BCUT2D eigenvalue weighted by atomic mass is 10.2. The van der Waals surface area contributed by atoms with E-state index in [9.17, 15) is 32.3 Å². The largest absolute Gasteiger partial charge is 0.482 e. The van der Waals surface area contributed by atoms with Crippen molar-refractivity contribution in [3.8, 4) is 5.75 Å². The van der Waals surface area contributed by atoms with E-state index < -0.39 is 52.7 Å². The van der Waals surface area contributed by atoms with Crippen LogP contribution in [0.2, 0.25) is 0 Å². The SMILES string of the molecule is COC(=O)COc1ccc(/C=C2\SC(=O)N(CC(=O)Nc3ccc(F)c(F)c3F)C2=O)cc1. The highest BCUT2D eigenvalue weighted by molar-refractivity contribution is 8.18. The van der Waals surface area contributed by atoms with Crippen LogP contribution in [0.4, 0.5) is 23.7 Å². The molecular weight excluding hydrogens is 465 g/mol. The lowest BCUT2D eigenvalue weighted by Crippen LogP contribution is -2.36. The van der Waals surface area contributed by atoms with E-state index in [2.05, 4.69) is 4.74 Å². The van der Waals surface area contributed by atoms with Gasteiger partial charge in [-0.2, -0.15) is 0 Å². The predicted molar refractivity (Wildman–Crippen MR) is 112 cm³/mol. The van der Waals surface area contributed by atoms with E-state index in [0.717, 1.165) is 6.07 Å². The average molecular weight is 480 g/mol. The van der Waals surface area contributed by atoms with Crippen molar-refractivity contribution in [2.75, 3.05) is 25.6 Å². The van der Waals surface area contributed by atoms with Gasteiger partial charge < -0.3 is 14.8 Å². The van der Waals surface area contributed by atoms with Crippen LogP contribution >= 0.6 is 11.8 Å². The Morgan fingerprint density at radius 1 is 1.06 bits per heavy atom. The van der Waals surface area contributed by atoms with Crippen molar-refractivity contribution < 1.29 is 41.8 Å². The number of carbonyl (C=O) groups is 4. The summed E-state index contributed by atoms with van der Waals surface area (Å²) < 4.78 is 49.7. The van der Waals surface area contributed by atoms with Gasteiger partial charge in [0.05, 0.1) is 17.7 Å². The zero-order valence-corrected chi connectivity index (χ0v) is 17.7. The highest BCUT2D eigenvalue weighted by atomic mass is 32.2. The summed E-state index contributed by atoms with van der Waals surface area (Å²) in [5.74, 6) is -6.69. The quantitative estimate of drug-likeness (QED) is 0.369. The van der Waals surface area contributed by atoms with Crippen LogP contribution in [0.15, 0.2) is 41.3 Å². The third kappa shape index (κ3) is 5.71. The van der Waals surface area contributed by atoms with Crippen LogP contribution in [0.25, 0.3) is 6.08 Å². The van der Waals surface area contributed by atoms with E-state index in [0.29, 0.717) is 34.0 Å². The Kier molecular flexibility index (Phi) is 7.38. The predicted octanol–water partition coefficient (Wildman–Crippen LogP) is 3.33. The number of anilines is 1. The molecule has 2 aromatic carbocycles. The first-order valence-electron chi connectivity index (χ1n) is 9.18. The number of thioether (sulfide) groups is 1. The molecule has 3 amide bonds. The van der Waals surface area contributed by atoms with Gasteiger partial charge in [-0.25, -0.2) is 18.0 Å². The molecule has 1 N–H and O–H groups in total. The van der Waals surface area contributed by atoms with Crippen LogP contribution in [0, 0.1) is 17.5 Å². The maximum absolute atomic E-state index is 13.7. The number of halogens is 3. The first kappa shape index (κ1) is 23.9. The summed E-state index contributed by atoms with van der Waals surface area (Å²) in [4.78, 5) is 48.6. The van der Waals surface area contributed by atoms with E-state index in [1.54, 1.807) is 24.3 Å². The number of nitrogens with one attached hydrogen (secondary N) is 1. The van der Waals surface area contributed by atoms with Gasteiger partial charge in [0.1, 0.15) is 12.3 Å². The van der Waals surface area contributed by atoms with Crippen molar-refractivity contribution in [3.63, 3.8) is 0 Å². The summed E-state index contributed by atoms with van der Waals surface area (Å²) in [7, 11) is 1.23. The first-order valence-corrected chi connectivity index (χ1v) is 9.99. The number of esters is 1. The molecule has 0 radical (unpaired) electrons. The van der Waals surface area contributed by atoms with Crippen molar-refractivity contribution in [1.29, 1.82) is 0 Å². The highest BCUT2D eigenvalue weighted by Crippen LogP contribution is 2.32. The van der Waals surface area contributed by atoms with Gasteiger partial charge in [-0.05, 0) is 47.7 Å². The summed E-state index contributed by atoms with van der Waals surface area (Å²) in [6, 6.07) is 7.70. The number of rotatable bonds is 7. The third-order valence-corrected chi connectivity index (χ3v) is 5.15. The maximum Gasteiger partial charge on any atom is 0.343 e. The number of amides is 3. The van der Waals surface area contributed by atoms with Crippen LogP contribution in [0.3, 0.4) is 0 Å². The second-order valence-corrected chi connectivity index (χ2v) is 7.47. The fourth-order valence-electron chi connectivity index (χ4n) is 2.60. The molecule has 12 heteroatoms. The molecule has 8 nitrogen and oxygen atoms in total. The molecule has 1 aliphatic rings. The number of nitrogens with zero attached hydrogens (tertiary/aromatic N) is 1. The van der Waals surface area contributed by atoms with Crippen molar-refractivity contribution >= 4 is 46.5 Å². The Labute approximate surface area is 189 Å². The van der Waals surface area contributed by atoms with Gasteiger partial charge in [-0.15, -0.1) is 0 Å². The standard InChI is InChI=1S/C21H15F3N2O6S/c1-31-17(28)10-32-12-4-2-11(3-5-12)8-15-20(29)26(21(30)33-15)9-16(27)25-14-7-6-13(22)18(23)19(14)24/h2-8H,9-10H2,1H3,(H,25,27)/b15-8-. The molecule has 0 unspecified atom stereocenters. The molecule has 1 saturated heterocycles. The van der Waals surface area contributed by atoms with E-state index in [4.69, 9.17) is 4.74 Å². The number of hydrogen-bond donors (Lipinski definition) is 1. The smallest absolute Gasteiger partial charge is 0.343 e. The molecule has 0 atom stereocenters. The van der Waals surface area contributed by atoms with Crippen molar-refractivity contribution in [3.05, 3.63) is 64.3 Å². The lowest BCUT2D eigenvalue weighted by Gasteiger charge is -2.13. The monoisotopic (exact) mass is 480 g/mol. The van der Waals surface area contributed by atoms with Gasteiger partial charge >= 0.3 is 5.97 Å². The average Bonchev–Trinajstić information content (AvgIpc) is 3.06. The van der Waals surface area contributed by atoms with Gasteiger partial charge in [-0.3, -0.25) is 19.3 Å². The summed E-state index contributed by atoms with van der Waals surface area (Å²) >= 11 is 0.596. The van der Waals surface area contributed by atoms with E-state index in [-0.39, 0.29) is 11.5 Å². The molecule has 0 aromatic heterocycles. The van der Waals surface area contributed by atoms with Crippen LogP contribution in [-0.4, -0.2) is 48.2 Å². The first-order chi connectivity index (χ1) is 15.7. The van der Waals surface area contributed by atoms with E-state index in [1.165, 1.54) is 13.2 Å². The Morgan fingerprint density at radius 3 is 2.42 bits per heavy atom. The second kappa shape index (κ2) is 10.2. The highest BCUT2D eigenvalue weighted by Gasteiger charge is 2.36. The minimum atomic E-state index is -1.76. The topological polar surface area (TPSA) is 102 Å². The molecule has 0 spiro atoms. The molecule has 0 saturated carbocycles. The van der Waals surface area contributed by atoms with Gasteiger partial charge in [0, 0.05) is 0 Å². The Morgan fingerprint density at radius 2 is 1.76 bits per heavy atom.